The minimum Gasteiger partial charge on any atom is -0.388 e. The van der Waals surface area contributed by atoms with Crippen LogP contribution in [0.2, 0.25) is 0 Å². The van der Waals surface area contributed by atoms with Crippen molar-refractivity contribution in [3.63, 3.8) is 0 Å². The van der Waals surface area contributed by atoms with Crippen LogP contribution in [0.1, 0.15) is 18.1 Å². The highest BCUT2D eigenvalue weighted by Crippen LogP contribution is 2.15. The zero-order chi connectivity index (χ0) is 13.8. The van der Waals surface area contributed by atoms with Crippen molar-refractivity contribution in [1.82, 2.24) is 9.13 Å². The van der Waals surface area contributed by atoms with Gasteiger partial charge in [-0.2, -0.15) is 0 Å². The van der Waals surface area contributed by atoms with Crippen molar-refractivity contribution in [3.8, 4) is 0 Å². The molecule has 2 rings (SSSR count). The summed E-state index contributed by atoms with van der Waals surface area (Å²) in [5.74, 6) is 0. The van der Waals surface area contributed by atoms with Gasteiger partial charge in [-0.25, -0.2) is 0 Å². The van der Waals surface area contributed by atoms with E-state index in [9.17, 15) is 14.7 Å². The number of nitrogens with zero attached hydrogens (tertiary/aromatic N) is 2. The molecular weight excluding hydrogens is 244 g/mol. The number of hydrogen-bond donors (Lipinski definition) is 1. The SMILES string of the molecule is Cn1ccn(CCC(O)c2ccccc2)c(=O)c1=O. The fourth-order valence-corrected chi connectivity index (χ4v) is 1.87. The molecule has 0 radical (unpaired) electrons. The van der Waals surface area contributed by atoms with Crippen molar-refractivity contribution in [1.29, 1.82) is 0 Å². The van der Waals surface area contributed by atoms with E-state index in [-0.39, 0.29) is 0 Å². The van der Waals surface area contributed by atoms with E-state index in [0.29, 0.717) is 13.0 Å². The first-order chi connectivity index (χ1) is 9.09. The maximum absolute atomic E-state index is 11.7. The van der Waals surface area contributed by atoms with E-state index in [4.69, 9.17) is 0 Å². The Morgan fingerprint density at radius 3 is 2.47 bits per heavy atom. The zero-order valence-corrected chi connectivity index (χ0v) is 10.7. The standard InChI is InChI=1S/C14H16N2O3/c1-15-9-10-16(14(19)13(15)18)8-7-12(17)11-5-3-2-4-6-11/h2-6,9-10,12,17H,7-8H2,1H3. The summed E-state index contributed by atoms with van der Waals surface area (Å²) in [6.45, 7) is 0.310. The van der Waals surface area contributed by atoms with Crippen molar-refractivity contribution < 1.29 is 5.11 Å². The highest BCUT2D eigenvalue weighted by atomic mass is 16.3. The van der Waals surface area contributed by atoms with Gasteiger partial charge in [-0.3, -0.25) is 9.59 Å². The molecule has 1 aromatic heterocycles. The van der Waals surface area contributed by atoms with Crippen LogP contribution in [0.15, 0.2) is 52.3 Å². The summed E-state index contributed by atoms with van der Waals surface area (Å²) < 4.78 is 2.57. The van der Waals surface area contributed by atoms with E-state index < -0.39 is 17.2 Å². The van der Waals surface area contributed by atoms with Gasteiger partial charge in [-0.05, 0) is 12.0 Å². The normalized spacial score (nSPS) is 12.3. The predicted molar refractivity (Wildman–Crippen MR) is 72.0 cm³/mol. The van der Waals surface area contributed by atoms with Gasteiger partial charge in [0.2, 0.25) is 0 Å². The Balaban J connectivity index is 2.10. The molecule has 100 valence electrons. The van der Waals surface area contributed by atoms with E-state index >= 15 is 0 Å². The van der Waals surface area contributed by atoms with Gasteiger partial charge >= 0.3 is 11.1 Å². The van der Waals surface area contributed by atoms with E-state index in [1.807, 2.05) is 30.3 Å². The molecule has 0 aliphatic heterocycles. The molecular formula is C14H16N2O3. The zero-order valence-electron chi connectivity index (χ0n) is 10.7. The molecule has 1 heterocycles. The van der Waals surface area contributed by atoms with Crippen LogP contribution in [-0.2, 0) is 13.6 Å². The molecule has 0 bridgehead atoms. The fourth-order valence-electron chi connectivity index (χ4n) is 1.87. The lowest BCUT2D eigenvalue weighted by atomic mass is 10.1. The third kappa shape index (κ3) is 3.00. The van der Waals surface area contributed by atoms with Gasteiger partial charge in [0.1, 0.15) is 0 Å². The quantitative estimate of drug-likeness (QED) is 0.822. The van der Waals surface area contributed by atoms with Crippen molar-refractivity contribution in [2.45, 2.75) is 19.1 Å². The van der Waals surface area contributed by atoms with E-state index in [1.165, 1.54) is 16.2 Å². The van der Waals surface area contributed by atoms with Gasteiger partial charge < -0.3 is 14.2 Å². The summed E-state index contributed by atoms with van der Waals surface area (Å²) in [5, 5.41) is 10.00. The van der Waals surface area contributed by atoms with Gasteiger partial charge in [0.25, 0.3) is 0 Å². The molecule has 19 heavy (non-hydrogen) atoms. The molecule has 0 fully saturated rings. The minimum atomic E-state index is -0.642. The second-order valence-corrected chi connectivity index (χ2v) is 4.43. The lowest BCUT2D eigenvalue weighted by molar-refractivity contribution is 0.160. The molecule has 0 amide bonds. The minimum absolute atomic E-state index is 0.310. The molecule has 1 unspecified atom stereocenters. The third-order valence-electron chi connectivity index (χ3n) is 3.06. The molecule has 0 saturated heterocycles. The van der Waals surface area contributed by atoms with Crippen LogP contribution >= 0.6 is 0 Å². The maximum atomic E-state index is 11.7. The van der Waals surface area contributed by atoms with E-state index in [1.54, 1.807) is 12.4 Å². The van der Waals surface area contributed by atoms with Gasteiger partial charge in [0.15, 0.2) is 0 Å². The van der Waals surface area contributed by atoms with Crippen LogP contribution in [0.5, 0.6) is 0 Å². The monoisotopic (exact) mass is 260 g/mol. The molecule has 0 aliphatic carbocycles. The van der Waals surface area contributed by atoms with Crippen LogP contribution in [0.25, 0.3) is 0 Å². The lowest BCUT2D eigenvalue weighted by Gasteiger charge is -2.12. The molecule has 1 N–H and O–H groups in total. The Hall–Kier alpha value is -2.14. The number of aliphatic hydroxyl groups excluding tert-OH is 1. The number of hydrogen-bond acceptors (Lipinski definition) is 3. The maximum Gasteiger partial charge on any atom is 0.316 e. The average molecular weight is 260 g/mol. The number of aliphatic hydroxyl groups is 1. The largest absolute Gasteiger partial charge is 0.388 e. The third-order valence-corrected chi connectivity index (χ3v) is 3.06. The first kappa shape index (κ1) is 13.3. The average Bonchev–Trinajstić information content (AvgIpc) is 2.45. The lowest BCUT2D eigenvalue weighted by Crippen LogP contribution is -2.39. The van der Waals surface area contributed by atoms with Crippen molar-refractivity contribution in [2.75, 3.05) is 0 Å². The van der Waals surface area contributed by atoms with Crippen LogP contribution in [-0.4, -0.2) is 14.2 Å². The Morgan fingerprint density at radius 1 is 1.11 bits per heavy atom. The number of aromatic nitrogens is 2. The van der Waals surface area contributed by atoms with Gasteiger partial charge in [0, 0.05) is 26.0 Å². The van der Waals surface area contributed by atoms with E-state index in [0.717, 1.165) is 5.56 Å². The highest BCUT2D eigenvalue weighted by Gasteiger charge is 2.08. The number of aryl methyl sites for hydroxylation is 2. The second kappa shape index (κ2) is 5.67. The van der Waals surface area contributed by atoms with Gasteiger partial charge in [0.05, 0.1) is 6.10 Å². The summed E-state index contributed by atoms with van der Waals surface area (Å²) in [6, 6.07) is 9.24. The van der Waals surface area contributed by atoms with Gasteiger partial charge in [-0.1, -0.05) is 30.3 Å². The molecule has 0 saturated carbocycles. The molecule has 1 aromatic carbocycles. The molecule has 5 heteroatoms. The topological polar surface area (TPSA) is 64.2 Å². The smallest absolute Gasteiger partial charge is 0.316 e. The number of benzene rings is 1. The van der Waals surface area contributed by atoms with Crippen molar-refractivity contribution in [3.05, 3.63) is 69.0 Å². The highest BCUT2D eigenvalue weighted by molar-refractivity contribution is 5.17. The summed E-state index contributed by atoms with van der Waals surface area (Å²) in [7, 11) is 1.53. The Bertz CT molecular complexity index is 658. The van der Waals surface area contributed by atoms with Crippen LogP contribution in [0.3, 0.4) is 0 Å². The van der Waals surface area contributed by atoms with Crippen molar-refractivity contribution in [2.24, 2.45) is 7.05 Å². The first-order valence-electron chi connectivity index (χ1n) is 6.08. The molecule has 2 aromatic rings. The van der Waals surface area contributed by atoms with Crippen LogP contribution in [0.4, 0.5) is 0 Å². The molecule has 1 atom stereocenters. The van der Waals surface area contributed by atoms with Crippen LogP contribution in [0, 0.1) is 0 Å². The Kier molecular flexibility index (Phi) is 3.97. The number of rotatable bonds is 4. The molecule has 5 nitrogen and oxygen atoms in total. The summed E-state index contributed by atoms with van der Waals surface area (Å²) in [4.78, 5) is 23.2. The van der Waals surface area contributed by atoms with Crippen molar-refractivity contribution >= 4 is 0 Å². The predicted octanol–water partition coefficient (Wildman–Crippen LogP) is 0.671. The Morgan fingerprint density at radius 2 is 1.79 bits per heavy atom. The first-order valence-corrected chi connectivity index (χ1v) is 6.08. The summed E-state index contributed by atoms with van der Waals surface area (Å²) in [5.41, 5.74) is -0.318. The second-order valence-electron chi connectivity index (χ2n) is 4.43. The Labute approximate surface area is 110 Å². The fraction of sp³-hybridized carbons (Fsp3) is 0.286. The summed E-state index contributed by atoms with van der Waals surface area (Å²) >= 11 is 0. The van der Waals surface area contributed by atoms with Gasteiger partial charge in [-0.15, -0.1) is 0 Å². The molecule has 0 spiro atoms. The van der Waals surface area contributed by atoms with Crippen LogP contribution < -0.4 is 11.1 Å². The summed E-state index contributed by atoms with van der Waals surface area (Å²) in [6.07, 6.45) is 2.84. The molecule has 0 aliphatic rings. The van der Waals surface area contributed by atoms with E-state index in [2.05, 4.69) is 0 Å².